The Labute approximate surface area is 207 Å². The minimum Gasteiger partial charge on any atom is -0.485 e. The molecule has 0 aliphatic carbocycles. The molecule has 2 aromatic carbocycles. The van der Waals surface area contributed by atoms with Crippen molar-refractivity contribution in [3.8, 4) is 11.5 Å². The second-order valence-electron chi connectivity index (χ2n) is 8.53. The van der Waals surface area contributed by atoms with Crippen LogP contribution in [0.2, 0.25) is 0 Å². The summed E-state index contributed by atoms with van der Waals surface area (Å²) in [7, 11) is 0. The van der Waals surface area contributed by atoms with E-state index in [2.05, 4.69) is 5.32 Å². The molecular weight excluding hydrogens is 469 g/mol. The number of fused-ring (bicyclic) bond motifs is 1. The van der Waals surface area contributed by atoms with Gasteiger partial charge in [-0.25, -0.2) is 4.39 Å². The molecule has 2 atom stereocenters. The molecule has 3 aromatic rings. The van der Waals surface area contributed by atoms with Crippen molar-refractivity contribution in [3.63, 3.8) is 0 Å². The first-order valence-electron chi connectivity index (χ1n) is 11.5. The zero-order valence-electron chi connectivity index (χ0n) is 19.1. The van der Waals surface area contributed by atoms with E-state index in [0.717, 1.165) is 10.4 Å². The number of nitrogens with zero attached hydrogens (tertiary/aromatic N) is 2. The molecular formula is C26H26FN3O4S. The maximum absolute atomic E-state index is 13.4. The lowest BCUT2D eigenvalue weighted by atomic mass is 10.1. The van der Waals surface area contributed by atoms with E-state index in [4.69, 9.17) is 9.47 Å². The van der Waals surface area contributed by atoms with Crippen LogP contribution in [-0.4, -0.2) is 67.0 Å². The number of piperazine rings is 1. The van der Waals surface area contributed by atoms with Crippen LogP contribution in [0.4, 0.5) is 4.39 Å². The van der Waals surface area contributed by atoms with Crippen LogP contribution in [0, 0.1) is 5.82 Å². The Morgan fingerprint density at radius 2 is 1.74 bits per heavy atom. The summed E-state index contributed by atoms with van der Waals surface area (Å²) in [4.78, 5) is 30.6. The topological polar surface area (TPSA) is 71.1 Å². The van der Waals surface area contributed by atoms with Crippen LogP contribution in [0.5, 0.6) is 11.5 Å². The summed E-state index contributed by atoms with van der Waals surface area (Å²) in [5.74, 6) is 0.695. The number of para-hydroxylation sites is 2. The first kappa shape index (κ1) is 23.3. The highest BCUT2D eigenvalue weighted by molar-refractivity contribution is 7.10. The van der Waals surface area contributed by atoms with Crippen LogP contribution in [0.3, 0.4) is 0 Å². The molecule has 2 aliphatic rings. The van der Waals surface area contributed by atoms with Crippen molar-refractivity contribution in [2.24, 2.45) is 0 Å². The molecule has 182 valence electrons. The number of nitrogens with one attached hydrogen (secondary N) is 1. The molecule has 1 fully saturated rings. The van der Waals surface area contributed by atoms with Gasteiger partial charge in [0.05, 0.1) is 12.6 Å². The van der Waals surface area contributed by atoms with Crippen molar-refractivity contribution in [1.29, 1.82) is 0 Å². The molecule has 0 radical (unpaired) electrons. The van der Waals surface area contributed by atoms with Crippen LogP contribution >= 0.6 is 11.3 Å². The van der Waals surface area contributed by atoms with Crippen molar-refractivity contribution < 1.29 is 23.5 Å². The second-order valence-corrected chi connectivity index (χ2v) is 9.51. The number of carbonyl (C=O) groups excluding carboxylic acids is 2. The number of hydrogen-bond donors (Lipinski definition) is 1. The Kier molecular flexibility index (Phi) is 6.96. The van der Waals surface area contributed by atoms with E-state index in [1.807, 2.05) is 40.6 Å². The van der Waals surface area contributed by atoms with Crippen LogP contribution in [-0.2, 0) is 9.59 Å². The lowest BCUT2D eigenvalue weighted by Gasteiger charge is -2.37. The van der Waals surface area contributed by atoms with Gasteiger partial charge in [-0.15, -0.1) is 11.3 Å². The molecule has 0 unspecified atom stereocenters. The summed E-state index contributed by atoms with van der Waals surface area (Å²) >= 11 is 1.54. The van der Waals surface area contributed by atoms with E-state index in [1.54, 1.807) is 34.4 Å². The van der Waals surface area contributed by atoms with E-state index in [-0.39, 0.29) is 36.8 Å². The molecule has 35 heavy (non-hydrogen) atoms. The molecule has 0 bridgehead atoms. The Hall–Kier alpha value is -3.43. The van der Waals surface area contributed by atoms with E-state index in [1.165, 1.54) is 12.1 Å². The summed E-state index contributed by atoms with van der Waals surface area (Å²) in [6.45, 7) is 2.61. The van der Waals surface area contributed by atoms with Gasteiger partial charge in [-0.1, -0.05) is 30.3 Å². The number of thiophene rings is 1. The number of hydrogen-bond acceptors (Lipinski definition) is 6. The highest BCUT2D eigenvalue weighted by Crippen LogP contribution is 2.31. The molecule has 0 saturated carbocycles. The van der Waals surface area contributed by atoms with Gasteiger partial charge in [0.15, 0.2) is 11.5 Å². The van der Waals surface area contributed by atoms with Crippen molar-refractivity contribution in [1.82, 2.24) is 15.1 Å². The third kappa shape index (κ3) is 5.47. The van der Waals surface area contributed by atoms with Gasteiger partial charge in [0.2, 0.25) is 12.0 Å². The number of benzene rings is 2. The fraction of sp³-hybridized carbons (Fsp3) is 0.308. The predicted octanol–water partition coefficient (Wildman–Crippen LogP) is 3.08. The van der Waals surface area contributed by atoms with Gasteiger partial charge < -0.3 is 19.7 Å². The second kappa shape index (κ2) is 10.5. The molecule has 5 rings (SSSR count). The van der Waals surface area contributed by atoms with E-state index < -0.39 is 6.10 Å². The lowest BCUT2D eigenvalue weighted by Crippen LogP contribution is -2.55. The highest BCUT2D eigenvalue weighted by Gasteiger charge is 2.33. The molecule has 3 heterocycles. The minimum atomic E-state index is -0.665. The van der Waals surface area contributed by atoms with Gasteiger partial charge in [0.25, 0.3) is 5.91 Å². The Morgan fingerprint density at radius 1 is 1.00 bits per heavy atom. The summed E-state index contributed by atoms with van der Waals surface area (Å²) in [6, 6.07) is 17.1. The van der Waals surface area contributed by atoms with E-state index in [9.17, 15) is 14.0 Å². The van der Waals surface area contributed by atoms with Crippen molar-refractivity contribution in [2.75, 3.05) is 39.3 Å². The van der Waals surface area contributed by atoms with Crippen molar-refractivity contribution >= 4 is 23.2 Å². The molecule has 2 aliphatic heterocycles. The molecule has 7 nitrogen and oxygen atoms in total. The van der Waals surface area contributed by atoms with Gasteiger partial charge in [0.1, 0.15) is 12.4 Å². The van der Waals surface area contributed by atoms with Crippen molar-refractivity contribution in [3.05, 3.63) is 82.3 Å². The van der Waals surface area contributed by atoms with Crippen molar-refractivity contribution in [2.45, 2.75) is 12.1 Å². The Morgan fingerprint density at radius 3 is 2.46 bits per heavy atom. The molecule has 1 N–H and O–H groups in total. The van der Waals surface area contributed by atoms with Crippen LogP contribution < -0.4 is 14.8 Å². The maximum atomic E-state index is 13.4. The number of ether oxygens (including phenoxy) is 2. The fourth-order valence-corrected chi connectivity index (χ4v) is 5.11. The average molecular weight is 496 g/mol. The standard InChI is InChI=1S/C26H26FN3O4S/c27-19-9-7-18(8-10-19)25(23-6-3-15-35-23)28-24(31)16-29-11-13-30(14-12-29)26(32)22-17-33-20-4-1-2-5-21(20)34-22/h1-10,15,22,25H,11-14,16-17H2,(H,28,31)/t22-,25+/m1/s1. The third-order valence-electron chi connectivity index (χ3n) is 6.17. The summed E-state index contributed by atoms with van der Waals surface area (Å²) in [5.41, 5.74) is 0.828. The highest BCUT2D eigenvalue weighted by atomic mass is 32.1. The van der Waals surface area contributed by atoms with Crippen LogP contribution in [0.15, 0.2) is 66.0 Å². The Balaban J connectivity index is 1.14. The molecule has 1 saturated heterocycles. The summed E-state index contributed by atoms with van der Waals surface area (Å²) in [6.07, 6.45) is -0.665. The summed E-state index contributed by atoms with van der Waals surface area (Å²) in [5, 5.41) is 5.04. The fourth-order valence-electron chi connectivity index (χ4n) is 4.31. The van der Waals surface area contributed by atoms with Crippen LogP contribution in [0.1, 0.15) is 16.5 Å². The van der Waals surface area contributed by atoms with E-state index in [0.29, 0.717) is 37.7 Å². The normalized spacial score (nSPS) is 18.7. The quantitative estimate of drug-likeness (QED) is 0.569. The van der Waals surface area contributed by atoms with Gasteiger partial charge in [-0.2, -0.15) is 0 Å². The van der Waals surface area contributed by atoms with Gasteiger partial charge in [0, 0.05) is 31.1 Å². The maximum Gasteiger partial charge on any atom is 0.267 e. The van der Waals surface area contributed by atoms with Gasteiger partial charge >= 0.3 is 0 Å². The monoisotopic (exact) mass is 495 g/mol. The first-order valence-corrected chi connectivity index (χ1v) is 12.4. The largest absolute Gasteiger partial charge is 0.485 e. The zero-order valence-corrected chi connectivity index (χ0v) is 19.9. The SMILES string of the molecule is O=C(CN1CCN(C(=O)[C@H]2COc3ccccc3O2)CC1)N[C@@H](c1ccc(F)cc1)c1cccs1. The molecule has 1 aromatic heterocycles. The summed E-state index contributed by atoms with van der Waals surface area (Å²) < 4.78 is 24.9. The van der Waals surface area contributed by atoms with Crippen LogP contribution in [0.25, 0.3) is 0 Å². The smallest absolute Gasteiger partial charge is 0.267 e. The molecule has 0 spiro atoms. The zero-order chi connectivity index (χ0) is 24.2. The first-order chi connectivity index (χ1) is 17.1. The number of halogens is 1. The van der Waals surface area contributed by atoms with Gasteiger partial charge in [-0.3, -0.25) is 14.5 Å². The lowest BCUT2D eigenvalue weighted by molar-refractivity contribution is -0.143. The predicted molar refractivity (Wildman–Crippen MR) is 130 cm³/mol. The third-order valence-corrected chi connectivity index (χ3v) is 7.11. The number of rotatable bonds is 6. The number of carbonyl (C=O) groups is 2. The molecule has 9 heteroatoms. The van der Waals surface area contributed by atoms with E-state index >= 15 is 0 Å². The molecule has 2 amide bonds. The Bertz CT molecular complexity index is 1160. The number of amides is 2. The minimum absolute atomic E-state index is 0.0994. The van der Waals surface area contributed by atoms with Gasteiger partial charge in [-0.05, 0) is 41.3 Å². The average Bonchev–Trinajstić information content (AvgIpc) is 3.42.